The molecule has 1 atom stereocenters. The minimum absolute atomic E-state index is 0.204. The van der Waals surface area contributed by atoms with Crippen molar-refractivity contribution in [1.29, 1.82) is 0 Å². The number of carbonyl (C=O) groups excluding carboxylic acids is 1. The van der Waals surface area contributed by atoms with Crippen molar-refractivity contribution in [3.05, 3.63) is 59.4 Å². The zero-order chi connectivity index (χ0) is 20.2. The molecule has 1 fully saturated rings. The summed E-state index contributed by atoms with van der Waals surface area (Å²) in [4.78, 5) is 22.5. The number of aryl methyl sites for hydroxylation is 2. The summed E-state index contributed by atoms with van der Waals surface area (Å²) in [7, 11) is 0. The standard InChI is InChI=1S/C22H26N4O3/c1-15-3-4-20-18(11-15)16(2)21(29-20)13-26-9-10-28-14-17(26)5-6-25-22(27)19-12-23-7-8-24-19/h3-4,7-8,11-12,17H,5-6,9-10,13-14H2,1-2H3,(H,25,27). The van der Waals surface area contributed by atoms with Crippen molar-refractivity contribution in [2.45, 2.75) is 32.9 Å². The third kappa shape index (κ3) is 4.46. The van der Waals surface area contributed by atoms with E-state index in [0.717, 1.165) is 30.9 Å². The molecular weight excluding hydrogens is 368 g/mol. The molecule has 1 unspecified atom stereocenters. The van der Waals surface area contributed by atoms with Crippen LogP contribution in [0.5, 0.6) is 0 Å². The molecule has 29 heavy (non-hydrogen) atoms. The SMILES string of the molecule is Cc1ccc2oc(CN3CCOCC3CCNC(=O)c3cnccn3)c(C)c2c1. The van der Waals surface area contributed by atoms with Crippen LogP contribution in [0.4, 0.5) is 0 Å². The number of benzene rings is 1. The normalized spacial score (nSPS) is 17.5. The summed E-state index contributed by atoms with van der Waals surface area (Å²) in [5.74, 6) is 0.797. The Morgan fingerprint density at radius 3 is 3.03 bits per heavy atom. The highest BCUT2D eigenvalue weighted by Crippen LogP contribution is 2.28. The minimum atomic E-state index is -0.204. The first-order valence-corrected chi connectivity index (χ1v) is 9.96. The molecule has 3 aromatic rings. The molecule has 0 saturated carbocycles. The predicted octanol–water partition coefficient (Wildman–Crippen LogP) is 2.86. The summed E-state index contributed by atoms with van der Waals surface area (Å²) < 4.78 is 11.8. The van der Waals surface area contributed by atoms with E-state index in [-0.39, 0.29) is 11.9 Å². The van der Waals surface area contributed by atoms with Gasteiger partial charge in [0.15, 0.2) is 0 Å². The molecule has 4 rings (SSSR count). The lowest BCUT2D eigenvalue weighted by Crippen LogP contribution is -2.46. The van der Waals surface area contributed by atoms with Gasteiger partial charge in [-0.2, -0.15) is 0 Å². The Morgan fingerprint density at radius 1 is 1.31 bits per heavy atom. The third-order valence-corrected chi connectivity index (χ3v) is 5.45. The fraction of sp³-hybridized carbons (Fsp3) is 0.409. The number of ether oxygens (including phenoxy) is 1. The lowest BCUT2D eigenvalue weighted by atomic mass is 10.1. The van der Waals surface area contributed by atoms with Crippen molar-refractivity contribution in [2.75, 3.05) is 26.3 Å². The molecule has 2 aromatic heterocycles. The van der Waals surface area contributed by atoms with Gasteiger partial charge in [-0.1, -0.05) is 11.6 Å². The first-order chi connectivity index (χ1) is 14.1. The highest BCUT2D eigenvalue weighted by Gasteiger charge is 2.25. The van der Waals surface area contributed by atoms with Gasteiger partial charge in [0.25, 0.3) is 5.91 Å². The number of hydrogen-bond acceptors (Lipinski definition) is 6. The van der Waals surface area contributed by atoms with Gasteiger partial charge in [0, 0.05) is 36.9 Å². The summed E-state index contributed by atoms with van der Waals surface area (Å²) >= 11 is 0. The number of carbonyl (C=O) groups is 1. The maximum atomic E-state index is 12.2. The van der Waals surface area contributed by atoms with Crippen LogP contribution in [0, 0.1) is 13.8 Å². The van der Waals surface area contributed by atoms with E-state index < -0.39 is 0 Å². The van der Waals surface area contributed by atoms with Crippen LogP contribution < -0.4 is 5.32 Å². The Labute approximate surface area is 170 Å². The monoisotopic (exact) mass is 394 g/mol. The van der Waals surface area contributed by atoms with Crippen LogP contribution in [-0.4, -0.2) is 53.1 Å². The van der Waals surface area contributed by atoms with Crippen molar-refractivity contribution >= 4 is 16.9 Å². The molecular formula is C22H26N4O3. The molecule has 1 amide bonds. The van der Waals surface area contributed by atoms with Crippen LogP contribution >= 0.6 is 0 Å². The lowest BCUT2D eigenvalue weighted by Gasteiger charge is -2.35. The first kappa shape index (κ1) is 19.5. The summed E-state index contributed by atoms with van der Waals surface area (Å²) in [6.07, 6.45) is 5.33. The minimum Gasteiger partial charge on any atom is -0.459 e. The van der Waals surface area contributed by atoms with Crippen LogP contribution in [0.2, 0.25) is 0 Å². The van der Waals surface area contributed by atoms with Crippen molar-refractivity contribution < 1.29 is 13.9 Å². The molecule has 7 nitrogen and oxygen atoms in total. The third-order valence-electron chi connectivity index (χ3n) is 5.45. The van der Waals surface area contributed by atoms with Crippen LogP contribution in [0.15, 0.2) is 41.2 Å². The van der Waals surface area contributed by atoms with Gasteiger partial charge in [-0.3, -0.25) is 14.7 Å². The number of amides is 1. The highest BCUT2D eigenvalue weighted by atomic mass is 16.5. The van der Waals surface area contributed by atoms with Gasteiger partial charge in [0.2, 0.25) is 0 Å². The average Bonchev–Trinajstić information content (AvgIpc) is 3.05. The van der Waals surface area contributed by atoms with E-state index in [1.807, 2.05) is 6.07 Å². The van der Waals surface area contributed by atoms with Crippen molar-refractivity contribution in [1.82, 2.24) is 20.2 Å². The number of fused-ring (bicyclic) bond motifs is 1. The molecule has 152 valence electrons. The highest BCUT2D eigenvalue weighted by molar-refractivity contribution is 5.91. The van der Waals surface area contributed by atoms with Gasteiger partial charge in [0.1, 0.15) is 17.0 Å². The number of nitrogens with zero attached hydrogens (tertiary/aromatic N) is 3. The molecule has 7 heteroatoms. The molecule has 0 radical (unpaired) electrons. The molecule has 0 spiro atoms. The van der Waals surface area contributed by atoms with Crippen LogP contribution in [0.25, 0.3) is 11.0 Å². The van der Waals surface area contributed by atoms with Gasteiger partial charge >= 0.3 is 0 Å². The van der Waals surface area contributed by atoms with Crippen molar-refractivity contribution in [3.63, 3.8) is 0 Å². The molecule has 1 saturated heterocycles. The number of hydrogen-bond donors (Lipinski definition) is 1. The van der Waals surface area contributed by atoms with Crippen LogP contribution in [-0.2, 0) is 11.3 Å². The molecule has 1 aromatic carbocycles. The predicted molar refractivity (Wildman–Crippen MR) is 110 cm³/mol. The van der Waals surface area contributed by atoms with E-state index in [1.165, 1.54) is 28.9 Å². The van der Waals surface area contributed by atoms with E-state index in [2.05, 4.69) is 46.2 Å². The fourth-order valence-electron chi connectivity index (χ4n) is 3.74. The Balaban J connectivity index is 1.39. The fourth-order valence-corrected chi connectivity index (χ4v) is 3.74. The largest absolute Gasteiger partial charge is 0.459 e. The van der Waals surface area contributed by atoms with Crippen molar-refractivity contribution in [3.8, 4) is 0 Å². The summed E-state index contributed by atoms with van der Waals surface area (Å²) in [6.45, 7) is 7.72. The molecule has 0 aliphatic carbocycles. The zero-order valence-corrected chi connectivity index (χ0v) is 16.9. The molecule has 1 aliphatic heterocycles. The maximum Gasteiger partial charge on any atom is 0.271 e. The number of morpholine rings is 1. The second-order valence-corrected chi connectivity index (χ2v) is 7.48. The summed E-state index contributed by atoms with van der Waals surface area (Å²) in [5, 5.41) is 4.10. The van der Waals surface area contributed by atoms with Gasteiger partial charge in [-0.15, -0.1) is 0 Å². The Bertz CT molecular complexity index is 986. The molecule has 3 heterocycles. The quantitative estimate of drug-likeness (QED) is 0.692. The first-order valence-electron chi connectivity index (χ1n) is 9.96. The summed E-state index contributed by atoms with van der Waals surface area (Å²) in [5.41, 5.74) is 3.70. The van der Waals surface area contributed by atoms with E-state index in [0.29, 0.717) is 25.5 Å². The number of nitrogens with one attached hydrogen (secondary N) is 1. The van der Waals surface area contributed by atoms with E-state index in [4.69, 9.17) is 9.15 Å². The van der Waals surface area contributed by atoms with Gasteiger partial charge < -0.3 is 14.5 Å². The second kappa shape index (κ2) is 8.71. The van der Waals surface area contributed by atoms with Gasteiger partial charge in [-0.25, -0.2) is 4.98 Å². The van der Waals surface area contributed by atoms with Gasteiger partial charge in [-0.05, 0) is 38.0 Å². The topological polar surface area (TPSA) is 80.5 Å². The van der Waals surface area contributed by atoms with Crippen molar-refractivity contribution in [2.24, 2.45) is 0 Å². The zero-order valence-electron chi connectivity index (χ0n) is 16.9. The van der Waals surface area contributed by atoms with Gasteiger partial charge in [0.05, 0.1) is 26.0 Å². The van der Waals surface area contributed by atoms with Crippen LogP contribution in [0.1, 0.15) is 33.8 Å². The maximum absolute atomic E-state index is 12.2. The smallest absolute Gasteiger partial charge is 0.271 e. The van der Waals surface area contributed by atoms with Crippen LogP contribution in [0.3, 0.4) is 0 Å². The number of aromatic nitrogens is 2. The number of rotatable bonds is 6. The molecule has 0 bridgehead atoms. The number of furan rings is 1. The Morgan fingerprint density at radius 2 is 2.21 bits per heavy atom. The second-order valence-electron chi connectivity index (χ2n) is 7.48. The van der Waals surface area contributed by atoms with E-state index in [9.17, 15) is 4.79 Å². The molecule has 1 N–H and O–H groups in total. The lowest BCUT2D eigenvalue weighted by molar-refractivity contribution is -0.0167. The van der Waals surface area contributed by atoms with E-state index >= 15 is 0 Å². The Hall–Kier alpha value is -2.77. The average molecular weight is 394 g/mol. The van der Waals surface area contributed by atoms with E-state index in [1.54, 1.807) is 6.20 Å². The summed E-state index contributed by atoms with van der Waals surface area (Å²) in [6, 6.07) is 6.52. The Kier molecular flexibility index (Phi) is 5.87. The molecule has 1 aliphatic rings.